The number of hydrogen-bond donors (Lipinski definition) is 3. The lowest BCUT2D eigenvalue weighted by Crippen LogP contribution is -2.53. The Balaban J connectivity index is 1.71. The van der Waals surface area contributed by atoms with Gasteiger partial charge in [0, 0.05) is 45.3 Å². The van der Waals surface area contributed by atoms with Crippen molar-refractivity contribution >= 4 is 0 Å². The van der Waals surface area contributed by atoms with Crippen molar-refractivity contribution in [1.29, 1.82) is 0 Å². The van der Waals surface area contributed by atoms with Gasteiger partial charge in [-0.3, -0.25) is 4.90 Å². The van der Waals surface area contributed by atoms with Gasteiger partial charge < -0.3 is 15.7 Å². The van der Waals surface area contributed by atoms with Gasteiger partial charge in [-0.25, -0.2) is 0 Å². The van der Waals surface area contributed by atoms with Gasteiger partial charge in [-0.1, -0.05) is 0 Å². The van der Waals surface area contributed by atoms with Gasteiger partial charge in [0.15, 0.2) is 0 Å². The lowest BCUT2D eigenvalue weighted by atomic mass is 10.2. The van der Waals surface area contributed by atoms with E-state index in [4.69, 9.17) is 0 Å². The fraction of sp³-hybridized carbons (Fsp3) is 1.00. The van der Waals surface area contributed by atoms with Crippen molar-refractivity contribution in [2.24, 2.45) is 0 Å². The molecule has 2 atom stereocenters. The third-order valence-electron chi connectivity index (χ3n) is 2.85. The molecular formula is C9H19N3O. The van der Waals surface area contributed by atoms with Gasteiger partial charge in [0.05, 0.1) is 6.10 Å². The van der Waals surface area contributed by atoms with Crippen LogP contribution in [0.4, 0.5) is 0 Å². The topological polar surface area (TPSA) is 47.5 Å². The molecule has 2 rings (SSSR count). The van der Waals surface area contributed by atoms with Crippen LogP contribution in [0.15, 0.2) is 0 Å². The summed E-state index contributed by atoms with van der Waals surface area (Å²) in [5, 5.41) is 16.2. The number of rotatable bonds is 2. The second-order valence-electron chi connectivity index (χ2n) is 4.06. The van der Waals surface area contributed by atoms with E-state index in [9.17, 15) is 5.11 Å². The van der Waals surface area contributed by atoms with Crippen molar-refractivity contribution in [1.82, 2.24) is 15.5 Å². The van der Waals surface area contributed by atoms with E-state index in [0.717, 1.165) is 45.7 Å². The fourth-order valence-corrected chi connectivity index (χ4v) is 2.13. The Bertz CT molecular complexity index is 156. The number of likely N-dealkylation sites (tertiary alicyclic amines) is 1. The highest BCUT2D eigenvalue weighted by Gasteiger charge is 2.23. The summed E-state index contributed by atoms with van der Waals surface area (Å²) in [7, 11) is 0. The third kappa shape index (κ3) is 2.64. The zero-order valence-corrected chi connectivity index (χ0v) is 8.00. The first kappa shape index (κ1) is 9.40. The first-order valence-corrected chi connectivity index (χ1v) is 5.19. The molecule has 2 heterocycles. The molecule has 0 aromatic carbocycles. The predicted octanol–water partition coefficient (Wildman–Crippen LogP) is -1.39. The minimum atomic E-state index is -0.0865. The Morgan fingerprint density at radius 2 is 2.31 bits per heavy atom. The summed E-state index contributed by atoms with van der Waals surface area (Å²) >= 11 is 0. The predicted molar refractivity (Wildman–Crippen MR) is 51.7 cm³/mol. The SMILES string of the molecule is O[C@@H]1CCN(CC2CNCCN2)C1. The molecule has 0 aromatic rings. The molecule has 2 fully saturated rings. The van der Waals surface area contributed by atoms with E-state index in [1.807, 2.05) is 0 Å². The molecule has 3 N–H and O–H groups in total. The van der Waals surface area contributed by atoms with E-state index in [1.54, 1.807) is 0 Å². The Morgan fingerprint density at radius 3 is 2.92 bits per heavy atom. The highest BCUT2D eigenvalue weighted by molar-refractivity contribution is 4.82. The molecule has 0 aromatic heterocycles. The van der Waals surface area contributed by atoms with Crippen molar-refractivity contribution in [2.45, 2.75) is 18.6 Å². The number of nitrogens with one attached hydrogen (secondary N) is 2. The molecule has 0 amide bonds. The van der Waals surface area contributed by atoms with Gasteiger partial charge in [-0.15, -0.1) is 0 Å². The summed E-state index contributed by atoms with van der Waals surface area (Å²) in [5.41, 5.74) is 0. The quantitative estimate of drug-likeness (QED) is 0.496. The summed E-state index contributed by atoms with van der Waals surface area (Å²) in [5.74, 6) is 0. The van der Waals surface area contributed by atoms with Gasteiger partial charge >= 0.3 is 0 Å². The lowest BCUT2D eigenvalue weighted by molar-refractivity contribution is 0.170. The van der Waals surface area contributed by atoms with Gasteiger partial charge in [0.2, 0.25) is 0 Å². The van der Waals surface area contributed by atoms with Crippen LogP contribution in [0, 0.1) is 0 Å². The van der Waals surface area contributed by atoms with Crippen LogP contribution in [0.2, 0.25) is 0 Å². The van der Waals surface area contributed by atoms with E-state index < -0.39 is 0 Å². The molecule has 0 radical (unpaired) electrons. The average molecular weight is 185 g/mol. The number of aliphatic hydroxyl groups is 1. The van der Waals surface area contributed by atoms with Gasteiger partial charge in [0.1, 0.15) is 0 Å². The van der Waals surface area contributed by atoms with Crippen LogP contribution in [0.3, 0.4) is 0 Å². The van der Waals surface area contributed by atoms with Gasteiger partial charge in [-0.05, 0) is 6.42 Å². The normalized spacial score (nSPS) is 36.7. The second-order valence-corrected chi connectivity index (χ2v) is 4.06. The Kier molecular flexibility index (Phi) is 3.16. The molecule has 76 valence electrons. The number of β-amino-alcohol motifs (C(OH)–C–C–N with tert-alkyl or cyclic N) is 1. The molecule has 4 nitrogen and oxygen atoms in total. The Morgan fingerprint density at radius 1 is 1.38 bits per heavy atom. The summed E-state index contributed by atoms with van der Waals surface area (Å²) in [6.45, 7) is 6.20. The van der Waals surface area contributed by atoms with Crippen molar-refractivity contribution in [3.63, 3.8) is 0 Å². The molecule has 0 aliphatic carbocycles. The van der Waals surface area contributed by atoms with Crippen molar-refractivity contribution in [3.05, 3.63) is 0 Å². The zero-order chi connectivity index (χ0) is 9.10. The molecule has 13 heavy (non-hydrogen) atoms. The monoisotopic (exact) mass is 185 g/mol. The summed E-state index contributed by atoms with van der Waals surface area (Å²) in [4.78, 5) is 2.34. The third-order valence-corrected chi connectivity index (χ3v) is 2.85. The standard InChI is InChI=1S/C9H19N3O/c13-9-1-4-12(7-9)6-8-5-10-2-3-11-8/h8-11,13H,1-7H2/t8?,9-/m1/s1. The van der Waals surface area contributed by atoms with Crippen LogP contribution in [-0.2, 0) is 0 Å². The van der Waals surface area contributed by atoms with E-state index in [1.165, 1.54) is 0 Å². The Hall–Kier alpha value is -0.160. The number of aliphatic hydroxyl groups excluding tert-OH is 1. The fourth-order valence-electron chi connectivity index (χ4n) is 2.13. The molecule has 2 aliphatic heterocycles. The number of nitrogens with zero attached hydrogens (tertiary/aromatic N) is 1. The van der Waals surface area contributed by atoms with E-state index >= 15 is 0 Å². The van der Waals surface area contributed by atoms with Gasteiger partial charge in [-0.2, -0.15) is 0 Å². The molecule has 2 saturated heterocycles. The van der Waals surface area contributed by atoms with E-state index in [2.05, 4.69) is 15.5 Å². The van der Waals surface area contributed by atoms with Crippen LogP contribution < -0.4 is 10.6 Å². The Labute approximate surface area is 79.3 Å². The van der Waals surface area contributed by atoms with Gasteiger partial charge in [0.25, 0.3) is 0 Å². The van der Waals surface area contributed by atoms with Crippen molar-refractivity contribution < 1.29 is 5.11 Å². The molecule has 0 bridgehead atoms. The smallest absolute Gasteiger partial charge is 0.0679 e. The van der Waals surface area contributed by atoms with Crippen molar-refractivity contribution in [2.75, 3.05) is 39.3 Å². The summed E-state index contributed by atoms with van der Waals surface area (Å²) < 4.78 is 0. The van der Waals surface area contributed by atoms with Crippen LogP contribution in [-0.4, -0.2) is 61.4 Å². The molecule has 0 spiro atoms. The minimum absolute atomic E-state index is 0.0865. The van der Waals surface area contributed by atoms with E-state index in [0.29, 0.717) is 6.04 Å². The minimum Gasteiger partial charge on any atom is -0.392 e. The number of hydrogen-bond acceptors (Lipinski definition) is 4. The van der Waals surface area contributed by atoms with Crippen LogP contribution in [0.25, 0.3) is 0 Å². The average Bonchev–Trinajstić information content (AvgIpc) is 2.53. The van der Waals surface area contributed by atoms with E-state index in [-0.39, 0.29) is 6.10 Å². The lowest BCUT2D eigenvalue weighted by Gasteiger charge is -2.28. The highest BCUT2D eigenvalue weighted by Crippen LogP contribution is 2.08. The summed E-state index contributed by atoms with van der Waals surface area (Å²) in [6, 6.07) is 0.569. The number of piperazine rings is 1. The first-order chi connectivity index (χ1) is 6.34. The van der Waals surface area contributed by atoms with Crippen LogP contribution in [0.1, 0.15) is 6.42 Å². The molecule has 0 saturated carbocycles. The maximum atomic E-state index is 9.35. The van der Waals surface area contributed by atoms with Crippen LogP contribution in [0.5, 0.6) is 0 Å². The molecule has 4 heteroatoms. The summed E-state index contributed by atoms with van der Waals surface area (Å²) in [6.07, 6.45) is 0.858. The van der Waals surface area contributed by atoms with Crippen molar-refractivity contribution in [3.8, 4) is 0 Å². The first-order valence-electron chi connectivity index (χ1n) is 5.19. The largest absolute Gasteiger partial charge is 0.392 e. The second kappa shape index (κ2) is 4.37. The molecule has 1 unspecified atom stereocenters. The maximum Gasteiger partial charge on any atom is 0.0679 e. The maximum absolute atomic E-state index is 9.35. The molecular weight excluding hydrogens is 166 g/mol. The van der Waals surface area contributed by atoms with Crippen LogP contribution >= 0.6 is 0 Å². The highest BCUT2D eigenvalue weighted by atomic mass is 16.3. The molecule has 2 aliphatic rings. The zero-order valence-electron chi connectivity index (χ0n) is 8.00.